The lowest BCUT2D eigenvalue weighted by Gasteiger charge is -2.05. The molecule has 0 spiro atoms. The fraction of sp³-hybridized carbons (Fsp3) is 0.385. The molecule has 0 aliphatic heterocycles. The Balaban J connectivity index is 1.63. The molecule has 1 aliphatic rings. The molecule has 7 heteroatoms. The van der Waals surface area contributed by atoms with Crippen molar-refractivity contribution in [2.45, 2.75) is 25.4 Å². The van der Waals surface area contributed by atoms with Crippen molar-refractivity contribution < 1.29 is 9.15 Å². The monoisotopic (exact) mass is 338 g/mol. The van der Waals surface area contributed by atoms with Crippen molar-refractivity contribution in [1.29, 1.82) is 0 Å². The van der Waals surface area contributed by atoms with Crippen LogP contribution < -0.4 is 15.4 Å². The maximum atomic E-state index is 5.52. The van der Waals surface area contributed by atoms with Gasteiger partial charge in [0.25, 0.3) is 0 Å². The van der Waals surface area contributed by atoms with Crippen LogP contribution in [-0.4, -0.2) is 23.3 Å². The number of anilines is 2. The molecule has 3 rings (SSSR count). The van der Waals surface area contributed by atoms with Crippen molar-refractivity contribution in [1.82, 2.24) is 15.5 Å². The van der Waals surface area contributed by atoms with Crippen LogP contribution in [0.5, 0.6) is 5.75 Å². The van der Waals surface area contributed by atoms with E-state index in [9.17, 15) is 0 Å². The minimum atomic E-state index is 0.384. The van der Waals surface area contributed by atoms with Crippen molar-refractivity contribution >= 4 is 27.6 Å². The van der Waals surface area contributed by atoms with Gasteiger partial charge in [-0.3, -0.25) is 0 Å². The van der Waals surface area contributed by atoms with Crippen LogP contribution in [0.1, 0.15) is 18.7 Å². The van der Waals surface area contributed by atoms with Crippen LogP contribution in [0.15, 0.2) is 27.1 Å². The van der Waals surface area contributed by atoms with Crippen molar-refractivity contribution in [3.05, 3.63) is 28.6 Å². The zero-order chi connectivity index (χ0) is 13.9. The van der Waals surface area contributed by atoms with Gasteiger partial charge in [-0.1, -0.05) is 5.10 Å². The molecule has 0 amide bonds. The zero-order valence-corrected chi connectivity index (χ0v) is 12.6. The highest BCUT2D eigenvalue weighted by Crippen LogP contribution is 2.29. The lowest BCUT2D eigenvalue weighted by atomic mass is 10.3. The van der Waals surface area contributed by atoms with Crippen molar-refractivity contribution in [3.63, 3.8) is 0 Å². The van der Waals surface area contributed by atoms with E-state index in [0.29, 0.717) is 24.5 Å². The molecular formula is C13H15BrN4O2. The molecule has 0 atom stereocenters. The summed E-state index contributed by atoms with van der Waals surface area (Å²) in [7, 11) is 1.63. The average molecular weight is 339 g/mol. The number of rotatable bonds is 6. The largest absolute Gasteiger partial charge is 0.496 e. The maximum absolute atomic E-state index is 5.52. The highest BCUT2D eigenvalue weighted by molar-refractivity contribution is 9.10. The van der Waals surface area contributed by atoms with Gasteiger partial charge in [-0.05, 0) is 47.0 Å². The molecule has 1 fully saturated rings. The summed E-state index contributed by atoms with van der Waals surface area (Å²) in [6.07, 6.45) is 2.47. The van der Waals surface area contributed by atoms with E-state index in [1.807, 2.05) is 18.2 Å². The van der Waals surface area contributed by atoms with E-state index in [4.69, 9.17) is 9.15 Å². The van der Waals surface area contributed by atoms with Gasteiger partial charge >= 0.3 is 6.01 Å². The summed E-state index contributed by atoms with van der Waals surface area (Å²) in [5.74, 6) is 1.36. The first-order chi connectivity index (χ1) is 9.74. The lowest BCUT2D eigenvalue weighted by molar-refractivity contribution is 0.412. The topological polar surface area (TPSA) is 72.2 Å². The number of methoxy groups -OCH3 is 1. The molecule has 106 valence electrons. The Morgan fingerprint density at radius 1 is 1.40 bits per heavy atom. The molecule has 20 heavy (non-hydrogen) atoms. The number of aromatic nitrogens is 2. The fourth-order valence-electron chi connectivity index (χ4n) is 1.76. The summed E-state index contributed by atoms with van der Waals surface area (Å²) in [5, 5.41) is 14.4. The number of nitrogens with one attached hydrogen (secondary N) is 2. The van der Waals surface area contributed by atoms with Gasteiger partial charge < -0.3 is 19.8 Å². The van der Waals surface area contributed by atoms with E-state index in [1.54, 1.807) is 7.11 Å². The van der Waals surface area contributed by atoms with Crippen LogP contribution in [-0.2, 0) is 6.54 Å². The molecule has 1 heterocycles. The number of benzene rings is 1. The fourth-order valence-corrected chi connectivity index (χ4v) is 2.30. The van der Waals surface area contributed by atoms with E-state index in [1.165, 1.54) is 12.8 Å². The Bertz CT molecular complexity index is 598. The molecule has 1 aromatic heterocycles. The Kier molecular flexibility index (Phi) is 3.88. The van der Waals surface area contributed by atoms with Gasteiger partial charge in [0.2, 0.25) is 5.89 Å². The SMILES string of the molecule is COc1ccc(Nc2nnc(CNC3CC3)o2)cc1Br. The predicted octanol–water partition coefficient (Wildman–Crippen LogP) is 2.84. The molecule has 1 aromatic carbocycles. The second kappa shape index (κ2) is 5.80. The molecule has 1 aliphatic carbocycles. The molecule has 0 unspecified atom stereocenters. The Morgan fingerprint density at radius 3 is 2.95 bits per heavy atom. The van der Waals surface area contributed by atoms with Crippen molar-refractivity contribution in [3.8, 4) is 5.75 Å². The van der Waals surface area contributed by atoms with Crippen molar-refractivity contribution in [2.24, 2.45) is 0 Å². The highest BCUT2D eigenvalue weighted by Gasteiger charge is 2.21. The van der Waals surface area contributed by atoms with E-state index < -0.39 is 0 Å². The van der Waals surface area contributed by atoms with Gasteiger partial charge in [-0.15, -0.1) is 5.10 Å². The van der Waals surface area contributed by atoms with Gasteiger partial charge in [-0.2, -0.15) is 0 Å². The average Bonchev–Trinajstić information content (AvgIpc) is 3.17. The van der Waals surface area contributed by atoms with Crippen molar-refractivity contribution in [2.75, 3.05) is 12.4 Å². The second-order valence-corrected chi connectivity index (χ2v) is 5.48. The molecule has 2 N–H and O–H groups in total. The van der Waals surface area contributed by atoms with Crippen LogP contribution in [0.3, 0.4) is 0 Å². The van der Waals surface area contributed by atoms with Gasteiger partial charge in [-0.25, -0.2) is 0 Å². The number of hydrogen-bond donors (Lipinski definition) is 2. The Labute approximate surface area is 125 Å². The summed E-state index contributed by atoms with van der Waals surface area (Å²) >= 11 is 3.43. The summed E-state index contributed by atoms with van der Waals surface area (Å²) in [6, 6.07) is 6.64. The minimum Gasteiger partial charge on any atom is -0.496 e. The van der Waals surface area contributed by atoms with Crippen LogP contribution in [0.4, 0.5) is 11.7 Å². The van der Waals surface area contributed by atoms with Gasteiger partial charge in [0.1, 0.15) is 5.75 Å². The Hall–Kier alpha value is -1.60. The quantitative estimate of drug-likeness (QED) is 0.843. The number of ether oxygens (including phenoxy) is 1. The van der Waals surface area contributed by atoms with E-state index in [-0.39, 0.29) is 0 Å². The Morgan fingerprint density at radius 2 is 2.25 bits per heavy atom. The zero-order valence-electron chi connectivity index (χ0n) is 11.0. The summed E-state index contributed by atoms with van der Waals surface area (Å²) in [5.41, 5.74) is 0.850. The summed E-state index contributed by atoms with van der Waals surface area (Å²) in [6.45, 7) is 0.617. The third kappa shape index (κ3) is 3.29. The van der Waals surface area contributed by atoms with Crippen LogP contribution in [0.25, 0.3) is 0 Å². The molecule has 0 saturated heterocycles. The summed E-state index contributed by atoms with van der Waals surface area (Å²) < 4.78 is 11.6. The van der Waals surface area contributed by atoms with Crippen LogP contribution in [0.2, 0.25) is 0 Å². The number of halogens is 1. The van der Waals surface area contributed by atoms with E-state index in [0.717, 1.165) is 15.9 Å². The van der Waals surface area contributed by atoms with E-state index in [2.05, 4.69) is 36.8 Å². The standard InChI is InChI=1S/C13H15BrN4O2/c1-19-11-5-4-9(6-10(11)14)16-13-18-17-12(20-13)7-15-8-2-3-8/h4-6,8,15H,2-3,7H2,1H3,(H,16,18). The molecule has 0 bridgehead atoms. The molecule has 6 nitrogen and oxygen atoms in total. The molecule has 0 radical (unpaired) electrons. The third-order valence-corrected chi connectivity index (χ3v) is 3.61. The minimum absolute atomic E-state index is 0.384. The highest BCUT2D eigenvalue weighted by atomic mass is 79.9. The molecule has 2 aromatic rings. The van der Waals surface area contributed by atoms with Gasteiger partial charge in [0.05, 0.1) is 18.1 Å². The second-order valence-electron chi connectivity index (χ2n) is 4.63. The predicted molar refractivity (Wildman–Crippen MR) is 78.1 cm³/mol. The maximum Gasteiger partial charge on any atom is 0.320 e. The van der Waals surface area contributed by atoms with E-state index >= 15 is 0 Å². The number of nitrogens with zero attached hydrogens (tertiary/aromatic N) is 2. The van der Waals surface area contributed by atoms with Crippen LogP contribution >= 0.6 is 15.9 Å². The van der Waals surface area contributed by atoms with Gasteiger partial charge in [0.15, 0.2) is 0 Å². The summed E-state index contributed by atoms with van der Waals surface area (Å²) in [4.78, 5) is 0. The smallest absolute Gasteiger partial charge is 0.320 e. The van der Waals surface area contributed by atoms with Gasteiger partial charge in [0, 0.05) is 11.7 Å². The first kappa shape index (κ1) is 13.4. The first-order valence-electron chi connectivity index (χ1n) is 6.41. The third-order valence-electron chi connectivity index (χ3n) is 2.99. The van der Waals surface area contributed by atoms with Crippen LogP contribution in [0, 0.1) is 0 Å². The molecule has 1 saturated carbocycles. The normalized spacial score (nSPS) is 14.3. The number of hydrogen-bond acceptors (Lipinski definition) is 6. The first-order valence-corrected chi connectivity index (χ1v) is 7.20. The lowest BCUT2D eigenvalue weighted by Crippen LogP contribution is -2.15. The molecular weight excluding hydrogens is 324 g/mol.